The molecule has 2 heterocycles. The maximum atomic E-state index is 12.5. The minimum absolute atomic E-state index is 0.0252. The van der Waals surface area contributed by atoms with Gasteiger partial charge in [-0.1, -0.05) is 0 Å². The van der Waals surface area contributed by atoms with Gasteiger partial charge in [-0.25, -0.2) is 22.8 Å². The molecule has 2 aliphatic carbocycles. The molecule has 0 aromatic carbocycles. The lowest BCUT2D eigenvalue weighted by molar-refractivity contribution is 0.282. The monoisotopic (exact) mass is 391 g/mol. The van der Waals surface area contributed by atoms with Crippen LogP contribution in [0.15, 0.2) is 28.4 Å². The van der Waals surface area contributed by atoms with Gasteiger partial charge in [0.05, 0.1) is 11.7 Å². The van der Waals surface area contributed by atoms with Gasteiger partial charge in [0, 0.05) is 31.5 Å². The molecule has 4 rings (SSSR count). The molecule has 1 fully saturated rings. The molecule has 0 amide bonds. The molecular weight excluding hydrogens is 366 g/mol. The zero-order valence-electron chi connectivity index (χ0n) is 15.5. The van der Waals surface area contributed by atoms with Gasteiger partial charge >= 0.3 is 0 Å². The summed E-state index contributed by atoms with van der Waals surface area (Å²) in [4.78, 5) is 16.4. The van der Waals surface area contributed by atoms with Crippen LogP contribution < -0.4 is 10.3 Å². The van der Waals surface area contributed by atoms with Crippen molar-refractivity contribution in [2.24, 2.45) is 7.05 Å². The molecule has 0 atom stereocenters. The summed E-state index contributed by atoms with van der Waals surface area (Å²) in [6.45, 7) is 0. The second-order valence-electron chi connectivity index (χ2n) is 7.55. The lowest BCUT2D eigenvalue weighted by Crippen LogP contribution is -2.40. The highest BCUT2D eigenvalue weighted by atomic mass is 32.2. The van der Waals surface area contributed by atoms with E-state index in [1.165, 1.54) is 10.8 Å². The maximum Gasteiger partial charge on any atom is 0.274 e. The Hall–Kier alpha value is -2.00. The van der Waals surface area contributed by atoms with Gasteiger partial charge < -0.3 is 4.57 Å². The number of nitrogens with one attached hydrogen (secondary N) is 1. The van der Waals surface area contributed by atoms with Gasteiger partial charge in [0.25, 0.3) is 15.6 Å². The smallest absolute Gasteiger partial charge is 0.274 e. The Balaban J connectivity index is 1.44. The van der Waals surface area contributed by atoms with Gasteiger partial charge in [-0.3, -0.25) is 4.79 Å². The minimum Gasteiger partial charge on any atom is -0.324 e. The van der Waals surface area contributed by atoms with Crippen LogP contribution in [0, 0.1) is 0 Å². The highest BCUT2D eigenvalue weighted by molar-refractivity contribution is 7.89. The van der Waals surface area contributed by atoms with Crippen molar-refractivity contribution >= 4 is 10.0 Å². The molecule has 0 bridgehead atoms. The average Bonchev–Trinajstić information content (AvgIpc) is 3.09. The van der Waals surface area contributed by atoms with Crippen molar-refractivity contribution in [3.63, 3.8) is 0 Å². The number of fused-ring (bicyclic) bond motifs is 1. The third-order valence-corrected chi connectivity index (χ3v) is 7.13. The van der Waals surface area contributed by atoms with E-state index < -0.39 is 10.0 Å². The summed E-state index contributed by atoms with van der Waals surface area (Å²) in [6, 6.07) is 1.65. The molecule has 1 N–H and O–H groups in total. The first kappa shape index (κ1) is 18.4. The first-order chi connectivity index (χ1) is 12.9. The van der Waals surface area contributed by atoms with E-state index in [9.17, 15) is 13.2 Å². The SMILES string of the molecule is Cn1ccnc1S(=O)(=O)NC1CCC(n2nc3c(cc2=O)CCCC3)CC1. The summed E-state index contributed by atoms with van der Waals surface area (Å²) in [5.41, 5.74) is 2.12. The van der Waals surface area contributed by atoms with E-state index in [2.05, 4.69) is 14.8 Å². The second-order valence-corrected chi connectivity index (χ2v) is 9.16. The van der Waals surface area contributed by atoms with Crippen molar-refractivity contribution < 1.29 is 8.42 Å². The molecule has 0 saturated heterocycles. The fourth-order valence-corrected chi connectivity index (χ4v) is 5.58. The van der Waals surface area contributed by atoms with Crippen molar-refractivity contribution in [1.29, 1.82) is 0 Å². The fraction of sp³-hybridized carbons (Fsp3) is 0.611. The van der Waals surface area contributed by atoms with Gasteiger partial charge in [-0.2, -0.15) is 5.10 Å². The summed E-state index contributed by atoms with van der Waals surface area (Å²) >= 11 is 0. The Bertz CT molecular complexity index is 987. The second kappa shape index (κ2) is 7.20. The van der Waals surface area contributed by atoms with Crippen LogP contribution >= 0.6 is 0 Å². The Morgan fingerprint density at radius 2 is 1.89 bits per heavy atom. The van der Waals surface area contributed by atoms with Gasteiger partial charge in [0.15, 0.2) is 0 Å². The van der Waals surface area contributed by atoms with Crippen LogP contribution in [0.25, 0.3) is 0 Å². The Morgan fingerprint density at radius 3 is 2.59 bits per heavy atom. The van der Waals surface area contributed by atoms with Crippen LogP contribution in [-0.2, 0) is 29.9 Å². The topological polar surface area (TPSA) is 98.9 Å². The Labute approximate surface area is 158 Å². The molecule has 146 valence electrons. The minimum atomic E-state index is -3.63. The highest BCUT2D eigenvalue weighted by Crippen LogP contribution is 2.28. The van der Waals surface area contributed by atoms with E-state index in [0.29, 0.717) is 12.8 Å². The summed E-state index contributed by atoms with van der Waals surface area (Å²) in [7, 11) is -1.97. The van der Waals surface area contributed by atoms with Crippen LogP contribution in [0.5, 0.6) is 0 Å². The molecule has 8 nitrogen and oxygen atoms in total. The van der Waals surface area contributed by atoms with E-state index in [1.807, 2.05) is 0 Å². The fourth-order valence-electron chi connectivity index (χ4n) is 4.16. The molecule has 2 aromatic rings. The summed E-state index contributed by atoms with van der Waals surface area (Å²) < 4.78 is 30.9. The van der Waals surface area contributed by atoms with E-state index >= 15 is 0 Å². The van der Waals surface area contributed by atoms with Crippen molar-refractivity contribution in [3.05, 3.63) is 40.1 Å². The van der Waals surface area contributed by atoms with Gasteiger partial charge in [-0.15, -0.1) is 0 Å². The number of aryl methyl sites for hydroxylation is 3. The first-order valence-corrected chi connectivity index (χ1v) is 11.0. The number of hydrogen-bond acceptors (Lipinski definition) is 5. The molecular formula is C18H25N5O3S. The largest absolute Gasteiger partial charge is 0.324 e. The summed E-state index contributed by atoms with van der Waals surface area (Å²) in [5.74, 6) is 0. The predicted molar refractivity (Wildman–Crippen MR) is 100.0 cm³/mol. The molecule has 2 aromatic heterocycles. The lowest BCUT2D eigenvalue weighted by atomic mass is 9.91. The molecule has 0 radical (unpaired) electrons. The molecule has 0 spiro atoms. The number of rotatable bonds is 4. The molecule has 1 saturated carbocycles. The molecule has 0 aliphatic heterocycles. The number of sulfonamides is 1. The van der Waals surface area contributed by atoms with Crippen molar-refractivity contribution in [1.82, 2.24) is 24.1 Å². The zero-order valence-corrected chi connectivity index (χ0v) is 16.3. The van der Waals surface area contributed by atoms with E-state index in [4.69, 9.17) is 0 Å². The number of nitrogens with zero attached hydrogens (tertiary/aromatic N) is 4. The third-order valence-electron chi connectivity index (χ3n) is 5.61. The molecule has 9 heteroatoms. The lowest BCUT2D eigenvalue weighted by Gasteiger charge is -2.30. The predicted octanol–water partition coefficient (Wildman–Crippen LogP) is 1.32. The van der Waals surface area contributed by atoms with Crippen LogP contribution in [0.4, 0.5) is 0 Å². The standard InChI is InChI=1S/C18H25N5O3S/c1-22-11-10-19-18(22)27(25,26)21-14-6-8-15(9-7-14)23-17(24)12-13-4-2-3-5-16(13)20-23/h10-12,14-15,21H,2-9H2,1H3. The first-order valence-electron chi connectivity index (χ1n) is 9.55. The molecule has 27 heavy (non-hydrogen) atoms. The number of hydrogen-bond donors (Lipinski definition) is 1. The average molecular weight is 391 g/mol. The van der Waals surface area contributed by atoms with Crippen molar-refractivity contribution in [2.75, 3.05) is 0 Å². The Kier molecular flexibility index (Phi) is 4.90. The van der Waals surface area contributed by atoms with Crippen LogP contribution in [0.1, 0.15) is 55.8 Å². The van der Waals surface area contributed by atoms with Crippen LogP contribution in [-0.4, -0.2) is 33.8 Å². The van der Waals surface area contributed by atoms with E-state index in [1.54, 1.807) is 24.0 Å². The van der Waals surface area contributed by atoms with E-state index in [-0.39, 0.29) is 22.8 Å². The van der Waals surface area contributed by atoms with Gasteiger partial charge in [0.2, 0.25) is 5.16 Å². The van der Waals surface area contributed by atoms with Gasteiger partial charge in [-0.05, 0) is 56.9 Å². The normalized spacial score (nSPS) is 23.1. The quantitative estimate of drug-likeness (QED) is 0.847. The summed E-state index contributed by atoms with van der Waals surface area (Å²) in [6.07, 6.45) is 10.0. The van der Waals surface area contributed by atoms with E-state index in [0.717, 1.165) is 49.8 Å². The van der Waals surface area contributed by atoms with Crippen LogP contribution in [0.3, 0.4) is 0 Å². The number of imidazole rings is 1. The van der Waals surface area contributed by atoms with Crippen LogP contribution in [0.2, 0.25) is 0 Å². The molecule has 0 unspecified atom stereocenters. The highest BCUT2D eigenvalue weighted by Gasteiger charge is 2.29. The number of aromatic nitrogens is 4. The van der Waals surface area contributed by atoms with Crippen molar-refractivity contribution in [3.8, 4) is 0 Å². The van der Waals surface area contributed by atoms with Crippen molar-refractivity contribution in [2.45, 2.75) is 68.6 Å². The zero-order chi connectivity index (χ0) is 19.0. The third kappa shape index (κ3) is 3.70. The van der Waals surface area contributed by atoms with Gasteiger partial charge in [0.1, 0.15) is 0 Å². The maximum absolute atomic E-state index is 12.5. The summed E-state index contributed by atoms with van der Waals surface area (Å²) in [5, 5.41) is 4.67. The molecule has 2 aliphatic rings. The Morgan fingerprint density at radius 1 is 1.15 bits per heavy atom.